The van der Waals surface area contributed by atoms with E-state index in [0.717, 1.165) is 29.8 Å². The van der Waals surface area contributed by atoms with Crippen molar-refractivity contribution in [2.45, 2.75) is 25.6 Å². The molecule has 1 unspecified atom stereocenters. The lowest BCUT2D eigenvalue weighted by atomic mass is 10.0. The third-order valence-electron chi connectivity index (χ3n) is 4.85. The predicted molar refractivity (Wildman–Crippen MR) is 108 cm³/mol. The van der Waals surface area contributed by atoms with Crippen molar-refractivity contribution in [3.63, 3.8) is 0 Å². The second kappa shape index (κ2) is 8.97. The van der Waals surface area contributed by atoms with Crippen molar-refractivity contribution in [1.82, 2.24) is 9.62 Å². The Morgan fingerprint density at radius 1 is 1.04 bits per heavy atom. The summed E-state index contributed by atoms with van der Waals surface area (Å²) in [5.41, 5.74) is 4.18. The Hall–Kier alpha value is -1.73. The molecule has 1 aliphatic rings. The average Bonchev–Trinajstić information content (AvgIpc) is 2.62. The van der Waals surface area contributed by atoms with E-state index in [4.69, 9.17) is 4.74 Å². The molecule has 0 radical (unpaired) electrons. The van der Waals surface area contributed by atoms with Gasteiger partial charge in [0.05, 0.1) is 19.0 Å². The molecule has 6 heteroatoms. The molecule has 2 aromatic rings. The van der Waals surface area contributed by atoms with Crippen LogP contribution < -0.4 is 4.72 Å². The third kappa shape index (κ3) is 5.87. The van der Waals surface area contributed by atoms with Crippen molar-refractivity contribution in [3.8, 4) is 0 Å². The van der Waals surface area contributed by atoms with Gasteiger partial charge in [-0.15, -0.1) is 0 Å². The summed E-state index contributed by atoms with van der Waals surface area (Å²) in [4.78, 5) is 2.30. The fraction of sp³-hybridized carbons (Fsp3) is 0.429. The second-order valence-electron chi connectivity index (χ2n) is 7.17. The molecule has 0 saturated carbocycles. The molecule has 1 saturated heterocycles. The highest BCUT2D eigenvalue weighted by Gasteiger charge is 2.24. The maximum atomic E-state index is 12.6. The molecule has 1 fully saturated rings. The number of hydrogen-bond acceptors (Lipinski definition) is 4. The van der Waals surface area contributed by atoms with Crippen molar-refractivity contribution < 1.29 is 13.2 Å². The summed E-state index contributed by atoms with van der Waals surface area (Å²) < 4.78 is 33.6. The summed E-state index contributed by atoms with van der Waals surface area (Å²) in [6.07, 6.45) is 0. The molecule has 0 spiro atoms. The van der Waals surface area contributed by atoms with E-state index in [0.29, 0.717) is 19.8 Å². The van der Waals surface area contributed by atoms with E-state index in [2.05, 4.69) is 34.7 Å². The minimum absolute atomic E-state index is 0.00100. The Kier molecular flexibility index (Phi) is 6.65. The van der Waals surface area contributed by atoms with Crippen LogP contribution in [0.1, 0.15) is 28.3 Å². The first-order chi connectivity index (χ1) is 12.9. The molecular weight excluding hydrogens is 360 g/mol. The van der Waals surface area contributed by atoms with Crippen molar-refractivity contribution >= 4 is 10.0 Å². The van der Waals surface area contributed by atoms with E-state index in [1.807, 2.05) is 37.3 Å². The highest BCUT2D eigenvalue weighted by Crippen LogP contribution is 2.22. The zero-order valence-corrected chi connectivity index (χ0v) is 16.8. The van der Waals surface area contributed by atoms with Crippen LogP contribution in [-0.2, 0) is 20.5 Å². The molecule has 0 aliphatic carbocycles. The maximum absolute atomic E-state index is 12.6. The smallest absolute Gasteiger partial charge is 0.215 e. The standard InChI is InChI=1S/C21H28N2O3S/c1-17-5-3-7-19(13-17)16-27(24,25)22-15-21(23-9-11-26-12-10-23)20-8-4-6-18(2)14-20/h3-8,13-14,21-22H,9-12,15-16H2,1-2H3. The van der Waals surface area contributed by atoms with Crippen LogP contribution in [0.3, 0.4) is 0 Å². The quantitative estimate of drug-likeness (QED) is 0.792. The monoisotopic (exact) mass is 388 g/mol. The van der Waals surface area contributed by atoms with E-state index in [-0.39, 0.29) is 11.8 Å². The van der Waals surface area contributed by atoms with Crippen LogP contribution in [0.15, 0.2) is 48.5 Å². The molecule has 2 aromatic carbocycles. The number of benzene rings is 2. The van der Waals surface area contributed by atoms with Gasteiger partial charge in [-0.1, -0.05) is 59.7 Å². The summed E-state index contributed by atoms with van der Waals surface area (Å²) in [6.45, 7) is 7.35. The van der Waals surface area contributed by atoms with Gasteiger partial charge in [-0.2, -0.15) is 0 Å². The Morgan fingerprint density at radius 2 is 1.70 bits per heavy atom. The molecule has 1 heterocycles. The molecule has 3 rings (SSSR count). The van der Waals surface area contributed by atoms with Gasteiger partial charge in [0, 0.05) is 25.7 Å². The number of hydrogen-bond donors (Lipinski definition) is 1. The summed E-state index contributed by atoms with van der Waals surface area (Å²) in [5.74, 6) is -0.00166. The Bertz CT molecular complexity index is 861. The zero-order valence-electron chi connectivity index (χ0n) is 16.0. The van der Waals surface area contributed by atoms with Crippen LogP contribution in [0.4, 0.5) is 0 Å². The summed E-state index contributed by atoms with van der Waals surface area (Å²) in [5, 5.41) is 0. The van der Waals surface area contributed by atoms with Crippen LogP contribution in [0, 0.1) is 13.8 Å². The minimum atomic E-state index is -3.41. The Morgan fingerprint density at radius 3 is 2.37 bits per heavy atom. The van der Waals surface area contributed by atoms with Gasteiger partial charge in [0.15, 0.2) is 0 Å². The molecule has 146 valence electrons. The van der Waals surface area contributed by atoms with Gasteiger partial charge < -0.3 is 4.74 Å². The molecule has 5 nitrogen and oxygen atoms in total. The van der Waals surface area contributed by atoms with Gasteiger partial charge in [-0.25, -0.2) is 13.1 Å². The lowest BCUT2D eigenvalue weighted by Crippen LogP contribution is -2.44. The number of aryl methyl sites for hydroxylation is 2. The van der Waals surface area contributed by atoms with Gasteiger partial charge in [0.25, 0.3) is 0 Å². The van der Waals surface area contributed by atoms with Crippen LogP contribution in [0.2, 0.25) is 0 Å². The summed E-state index contributed by atoms with van der Waals surface area (Å²) in [7, 11) is -3.41. The van der Waals surface area contributed by atoms with Crippen LogP contribution in [0.5, 0.6) is 0 Å². The van der Waals surface area contributed by atoms with E-state index in [1.165, 1.54) is 5.56 Å². The van der Waals surface area contributed by atoms with E-state index in [1.54, 1.807) is 0 Å². The van der Waals surface area contributed by atoms with Crippen molar-refractivity contribution in [3.05, 3.63) is 70.8 Å². The second-order valence-corrected chi connectivity index (χ2v) is 8.98. The van der Waals surface area contributed by atoms with E-state index >= 15 is 0 Å². The van der Waals surface area contributed by atoms with E-state index < -0.39 is 10.0 Å². The Balaban J connectivity index is 1.73. The largest absolute Gasteiger partial charge is 0.379 e. The predicted octanol–water partition coefficient (Wildman–Crippen LogP) is 2.80. The topological polar surface area (TPSA) is 58.6 Å². The zero-order chi connectivity index (χ0) is 19.3. The first kappa shape index (κ1) is 20.0. The summed E-state index contributed by atoms with van der Waals surface area (Å²) >= 11 is 0. The SMILES string of the molecule is Cc1cccc(CS(=O)(=O)NCC(c2cccc(C)c2)N2CCOCC2)c1. The number of morpholine rings is 1. The fourth-order valence-corrected chi connectivity index (χ4v) is 4.63. The maximum Gasteiger partial charge on any atom is 0.215 e. The number of rotatable bonds is 7. The molecule has 0 aromatic heterocycles. The lowest BCUT2D eigenvalue weighted by molar-refractivity contribution is 0.0172. The first-order valence-electron chi connectivity index (χ1n) is 9.34. The first-order valence-corrected chi connectivity index (χ1v) is 11.0. The van der Waals surface area contributed by atoms with Gasteiger partial charge in [-0.05, 0) is 25.0 Å². The van der Waals surface area contributed by atoms with Gasteiger partial charge in [0.2, 0.25) is 10.0 Å². The Labute approximate surface area is 162 Å². The fourth-order valence-electron chi connectivity index (χ4n) is 3.50. The van der Waals surface area contributed by atoms with E-state index in [9.17, 15) is 8.42 Å². The van der Waals surface area contributed by atoms with Gasteiger partial charge in [0.1, 0.15) is 0 Å². The lowest BCUT2D eigenvalue weighted by Gasteiger charge is -2.35. The minimum Gasteiger partial charge on any atom is -0.379 e. The number of nitrogens with zero attached hydrogens (tertiary/aromatic N) is 1. The number of ether oxygens (including phenoxy) is 1. The molecule has 0 amide bonds. The third-order valence-corrected chi connectivity index (χ3v) is 6.17. The average molecular weight is 389 g/mol. The van der Waals surface area contributed by atoms with Crippen LogP contribution >= 0.6 is 0 Å². The van der Waals surface area contributed by atoms with Crippen LogP contribution in [-0.4, -0.2) is 46.2 Å². The molecule has 1 N–H and O–H groups in total. The van der Waals surface area contributed by atoms with Crippen molar-refractivity contribution in [1.29, 1.82) is 0 Å². The van der Waals surface area contributed by atoms with Gasteiger partial charge in [-0.3, -0.25) is 4.90 Å². The highest BCUT2D eigenvalue weighted by atomic mass is 32.2. The molecule has 1 atom stereocenters. The van der Waals surface area contributed by atoms with Crippen LogP contribution in [0.25, 0.3) is 0 Å². The number of nitrogens with one attached hydrogen (secondary N) is 1. The van der Waals surface area contributed by atoms with Crippen molar-refractivity contribution in [2.24, 2.45) is 0 Å². The molecule has 1 aliphatic heterocycles. The highest BCUT2D eigenvalue weighted by molar-refractivity contribution is 7.88. The molecular formula is C21H28N2O3S. The number of sulfonamides is 1. The summed E-state index contributed by atoms with van der Waals surface area (Å²) in [6, 6.07) is 15.9. The van der Waals surface area contributed by atoms with Crippen molar-refractivity contribution in [2.75, 3.05) is 32.8 Å². The molecule has 0 bridgehead atoms. The molecule has 27 heavy (non-hydrogen) atoms. The normalized spacial score (nSPS) is 17.0. The van der Waals surface area contributed by atoms with Gasteiger partial charge >= 0.3 is 0 Å².